The van der Waals surface area contributed by atoms with Crippen molar-refractivity contribution in [2.45, 2.75) is 19.4 Å². The summed E-state index contributed by atoms with van der Waals surface area (Å²) in [5.74, 6) is -0.0382. The van der Waals surface area contributed by atoms with Gasteiger partial charge in [0.05, 0.1) is 5.56 Å². The molecule has 0 aliphatic carbocycles. The molecule has 1 aliphatic heterocycles. The molecule has 0 unspecified atom stereocenters. The maximum atomic E-state index is 12.7. The van der Waals surface area contributed by atoms with E-state index in [1.165, 1.54) is 5.56 Å². The number of nitrogens with one attached hydrogen (secondary N) is 1. The van der Waals surface area contributed by atoms with E-state index in [0.717, 1.165) is 18.5 Å². The minimum Gasteiger partial charge on any atom is -0.507 e. The smallest absolute Gasteiger partial charge is 0.257 e. The molecule has 2 N–H and O–H groups in total. The van der Waals surface area contributed by atoms with E-state index in [1.54, 1.807) is 6.07 Å². The second-order valence-corrected chi connectivity index (χ2v) is 6.12. The van der Waals surface area contributed by atoms with Gasteiger partial charge in [-0.25, -0.2) is 0 Å². The van der Waals surface area contributed by atoms with Crippen molar-refractivity contribution in [3.63, 3.8) is 0 Å². The number of carbonyl (C=O) groups excluding carboxylic acids is 1. The highest BCUT2D eigenvalue weighted by Gasteiger charge is 2.23. The molecule has 1 heterocycles. The number of carbonyl (C=O) groups is 1. The van der Waals surface area contributed by atoms with Gasteiger partial charge in [-0.3, -0.25) is 4.79 Å². The summed E-state index contributed by atoms with van der Waals surface area (Å²) < 4.78 is 0. The monoisotopic (exact) mass is 346 g/mol. The summed E-state index contributed by atoms with van der Waals surface area (Å²) in [7, 11) is 0. The third-order valence-electron chi connectivity index (χ3n) is 4.20. The zero-order chi connectivity index (χ0) is 16.2. The van der Waals surface area contributed by atoms with Crippen LogP contribution in [-0.2, 0) is 6.42 Å². The lowest BCUT2D eigenvalue weighted by atomic mass is 10.0. The zero-order valence-electron chi connectivity index (χ0n) is 13.7. The third-order valence-corrected chi connectivity index (χ3v) is 4.20. The van der Waals surface area contributed by atoms with Gasteiger partial charge in [0, 0.05) is 25.7 Å². The predicted octanol–water partition coefficient (Wildman–Crippen LogP) is 2.84. The summed E-state index contributed by atoms with van der Waals surface area (Å²) >= 11 is 0. The number of aromatic hydroxyl groups is 1. The van der Waals surface area contributed by atoms with Crippen LogP contribution in [0.4, 0.5) is 0 Å². The van der Waals surface area contributed by atoms with Crippen LogP contribution in [0.5, 0.6) is 5.75 Å². The Morgan fingerprint density at radius 1 is 1.21 bits per heavy atom. The van der Waals surface area contributed by atoms with Crippen LogP contribution in [0, 0.1) is 0 Å². The van der Waals surface area contributed by atoms with Crippen molar-refractivity contribution in [2.75, 3.05) is 19.6 Å². The third kappa shape index (κ3) is 4.28. The van der Waals surface area contributed by atoms with Crippen molar-refractivity contribution in [1.82, 2.24) is 10.2 Å². The Morgan fingerprint density at radius 3 is 2.67 bits per heavy atom. The van der Waals surface area contributed by atoms with E-state index in [0.29, 0.717) is 18.7 Å². The van der Waals surface area contributed by atoms with Crippen LogP contribution in [0.3, 0.4) is 0 Å². The Balaban J connectivity index is 0.00000208. The molecule has 1 aliphatic rings. The molecule has 1 amide bonds. The van der Waals surface area contributed by atoms with Crippen molar-refractivity contribution in [3.05, 3.63) is 65.2 Å². The number of halogens is 1. The van der Waals surface area contributed by atoms with E-state index in [-0.39, 0.29) is 30.1 Å². The van der Waals surface area contributed by atoms with Gasteiger partial charge in [0.1, 0.15) is 5.75 Å². The fourth-order valence-corrected chi connectivity index (χ4v) is 2.98. The fourth-order valence-electron chi connectivity index (χ4n) is 2.98. The molecule has 128 valence electrons. The van der Waals surface area contributed by atoms with E-state index in [1.807, 2.05) is 35.2 Å². The largest absolute Gasteiger partial charge is 0.507 e. The molecule has 3 rings (SSSR count). The SMILES string of the molecule is C[C@@H]1CN(C(=O)c2cc(Cc3ccccc3)ccc2O)CCN1.Cl. The fraction of sp³-hybridized carbons (Fsp3) is 0.316. The number of benzene rings is 2. The second-order valence-electron chi connectivity index (χ2n) is 6.12. The van der Waals surface area contributed by atoms with E-state index in [2.05, 4.69) is 24.4 Å². The molecule has 2 aromatic carbocycles. The van der Waals surface area contributed by atoms with E-state index < -0.39 is 0 Å². The lowest BCUT2D eigenvalue weighted by Gasteiger charge is -2.32. The van der Waals surface area contributed by atoms with Gasteiger partial charge in [-0.1, -0.05) is 36.4 Å². The van der Waals surface area contributed by atoms with Crippen LogP contribution in [0.15, 0.2) is 48.5 Å². The van der Waals surface area contributed by atoms with Gasteiger partial charge < -0.3 is 15.3 Å². The van der Waals surface area contributed by atoms with Gasteiger partial charge >= 0.3 is 0 Å². The quantitative estimate of drug-likeness (QED) is 0.898. The lowest BCUT2D eigenvalue weighted by molar-refractivity contribution is 0.0706. The minimum atomic E-state index is -0.0919. The molecule has 0 bridgehead atoms. The maximum Gasteiger partial charge on any atom is 0.257 e. The van der Waals surface area contributed by atoms with Gasteiger partial charge in [0.25, 0.3) is 5.91 Å². The number of hydrogen-bond acceptors (Lipinski definition) is 3. The molecular weight excluding hydrogens is 324 g/mol. The highest BCUT2D eigenvalue weighted by atomic mass is 35.5. The average molecular weight is 347 g/mol. The first-order chi connectivity index (χ1) is 11.1. The normalized spacial score (nSPS) is 17.2. The molecule has 5 heteroatoms. The minimum absolute atomic E-state index is 0. The van der Waals surface area contributed by atoms with Crippen molar-refractivity contribution in [2.24, 2.45) is 0 Å². The first-order valence-electron chi connectivity index (χ1n) is 8.02. The Morgan fingerprint density at radius 2 is 1.96 bits per heavy atom. The van der Waals surface area contributed by atoms with E-state index in [4.69, 9.17) is 0 Å². The van der Waals surface area contributed by atoms with E-state index in [9.17, 15) is 9.90 Å². The Bertz CT molecular complexity index is 691. The van der Waals surface area contributed by atoms with Crippen LogP contribution in [-0.4, -0.2) is 41.6 Å². The molecule has 0 saturated carbocycles. The first kappa shape index (κ1) is 18.3. The molecular formula is C19H23ClN2O2. The number of hydrogen-bond donors (Lipinski definition) is 2. The number of nitrogens with zero attached hydrogens (tertiary/aromatic N) is 1. The highest BCUT2D eigenvalue weighted by molar-refractivity contribution is 5.97. The molecule has 4 nitrogen and oxygen atoms in total. The summed E-state index contributed by atoms with van der Waals surface area (Å²) in [4.78, 5) is 14.5. The highest BCUT2D eigenvalue weighted by Crippen LogP contribution is 2.22. The standard InChI is InChI=1S/C19H22N2O2.ClH/c1-14-13-21(10-9-20-14)19(23)17-12-16(7-8-18(17)22)11-15-5-3-2-4-6-15;/h2-8,12,14,20,22H,9-11,13H2,1H3;1H/t14-;/m1./s1. The van der Waals surface area contributed by atoms with Crippen molar-refractivity contribution >= 4 is 18.3 Å². The van der Waals surface area contributed by atoms with Gasteiger partial charge in [-0.2, -0.15) is 0 Å². The second kappa shape index (κ2) is 8.18. The Kier molecular flexibility index (Phi) is 6.23. The summed E-state index contributed by atoms with van der Waals surface area (Å²) in [5.41, 5.74) is 2.61. The van der Waals surface area contributed by atoms with Crippen LogP contribution in [0.25, 0.3) is 0 Å². The Hall–Kier alpha value is -2.04. The van der Waals surface area contributed by atoms with Crippen molar-refractivity contribution in [1.29, 1.82) is 0 Å². The van der Waals surface area contributed by atoms with Gasteiger partial charge in [0.15, 0.2) is 0 Å². The number of rotatable bonds is 3. The van der Waals surface area contributed by atoms with Crippen LogP contribution >= 0.6 is 12.4 Å². The predicted molar refractivity (Wildman–Crippen MR) is 98.0 cm³/mol. The zero-order valence-corrected chi connectivity index (χ0v) is 14.6. The number of phenolic OH excluding ortho intramolecular Hbond substituents is 1. The van der Waals surface area contributed by atoms with Gasteiger partial charge in [-0.15, -0.1) is 12.4 Å². The van der Waals surface area contributed by atoms with Gasteiger partial charge in [0.2, 0.25) is 0 Å². The first-order valence-corrected chi connectivity index (χ1v) is 8.02. The summed E-state index contributed by atoms with van der Waals surface area (Å²) in [6, 6.07) is 15.7. The lowest BCUT2D eigenvalue weighted by Crippen LogP contribution is -2.51. The molecule has 1 fully saturated rings. The number of phenols is 1. The van der Waals surface area contributed by atoms with Gasteiger partial charge in [-0.05, 0) is 36.6 Å². The van der Waals surface area contributed by atoms with Crippen LogP contribution in [0.1, 0.15) is 28.4 Å². The molecule has 2 aromatic rings. The maximum absolute atomic E-state index is 12.7. The van der Waals surface area contributed by atoms with Crippen LogP contribution in [0.2, 0.25) is 0 Å². The molecule has 0 radical (unpaired) electrons. The van der Waals surface area contributed by atoms with Crippen molar-refractivity contribution < 1.29 is 9.90 Å². The average Bonchev–Trinajstić information content (AvgIpc) is 2.57. The molecule has 0 aromatic heterocycles. The number of amides is 1. The Labute approximate surface area is 148 Å². The molecule has 0 spiro atoms. The molecule has 1 atom stereocenters. The topological polar surface area (TPSA) is 52.6 Å². The molecule has 24 heavy (non-hydrogen) atoms. The van der Waals surface area contributed by atoms with Crippen LogP contribution < -0.4 is 5.32 Å². The summed E-state index contributed by atoms with van der Waals surface area (Å²) in [6.45, 7) is 4.19. The van der Waals surface area contributed by atoms with E-state index >= 15 is 0 Å². The summed E-state index contributed by atoms with van der Waals surface area (Å²) in [5, 5.41) is 13.4. The molecule has 1 saturated heterocycles. The summed E-state index contributed by atoms with van der Waals surface area (Å²) in [6.07, 6.45) is 0.749. The number of piperazine rings is 1. The van der Waals surface area contributed by atoms with Crippen molar-refractivity contribution in [3.8, 4) is 5.75 Å².